The average Bonchev–Trinajstić information content (AvgIpc) is 2.66. The van der Waals surface area contributed by atoms with Crippen LogP contribution >= 0.6 is 0 Å². The summed E-state index contributed by atoms with van der Waals surface area (Å²) in [6.45, 7) is 9.32. The SMILES string of the molecule is Cc1c(N)ccc(C(C)(C)C)c1N1CCCC1=O. The van der Waals surface area contributed by atoms with Crippen LogP contribution in [-0.2, 0) is 10.2 Å². The number of nitrogens with zero attached hydrogens (tertiary/aromatic N) is 1. The summed E-state index contributed by atoms with van der Waals surface area (Å²) in [6, 6.07) is 4.00. The molecule has 1 aliphatic heterocycles. The van der Waals surface area contributed by atoms with Crippen LogP contribution < -0.4 is 10.6 Å². The Morgan fingerprint density at radius 3 is 2.44 bits per heavy atom. The van der Waals surface area contributed by atoms with Crippen molar-refractivity contribution in [1.29, 1.82) is 0 Å². The summed E-state index contributed by atoms with van der Waals surface area (Å²) in [5.41, 5.74) is 10.0. The molecular weight excluding hydrogens is 224 g/mol. The van der Waals surface area contributed by atoms with E-state index in [1.807, 2.05) is 17.9 Å². The van der Waals surface area contributed by atoms with Crippen molar-refractivity contribution in [1.82, 2.24) is 0 Å². The Morgan fingerprint density at radius 2 is 1.94 bits per heavy atom. The van der Waals surface area contributed by atoms with E-state index in [0.717, 1.165) is 29.9 Å². The summed E-state index contributed by atoms with van der Waals surface area (Å²) in [7, 11) is 0. The maximum atomic E-state index is 12.0. The number of rotatable bonds is 1. The van der Waals surface area contributed by atoms with Crippen LogP contribution in [0.4, 0.5) is 11.4 Å². The molecule has 0 aliphatic carbocycles. The summed E-state index contributed by atoms with van der Waals surface area (Å²) >= 11 is 0. The van der Waals surface area contributed by atoms with Crippen molar-refractivity contribution >= 4 is 17.3 Å². The van der Waals surface area contributed by atoms with Gasteiger partial charge in [0.15, 0.2) is 0 Å². The van der Waals surface area contributed by atoms with Gasteiger partial charge in [0.25, 0.3) is 0 Å². The van der Waals surface area contributed by atoms with E-state index in [-0.39, 0.29) is 11.3 Å². The van der Waals surface area contributed by atoms with E-state index in [1.165, 1.54) is 5.56 Å². The molecule has 18 heavy (non-hydrogen) atoms. The molecule has 0 radical (unpaired) electrons. The third-order valence-electron chi connectivity index (χ3n) is 3.62. The molecule has 1 saturated heterocycles. The second-order valence-electron chi connectivity index (χ2n) is 6.07. The summed E-state index contributed by atoms with van der Waals surface area (Å²) < 4.78 is 0. The molecule has 98 valence electrons. The molecule has 1 amide bonds. The lowest BCUT2D eigenvalue weighted by Crippen LogP contribution is -2.28. The van der Waals surface area contributed by atoms with Crippen molar-refractivity contribution in [2.24, 2.45) is 0 Å². The first-order valence-electron chi connectivity index (χ1n) is 6.52. The van der Waals surface area contributed by atoms with Gasteiger partial charge in [-0.2, -0.15) is 0 Å². The maximum Gasteiger partial charge on any atom is 0.227 e. The zero-order chi connectivity index (χ0) is 13.5. The van der Waals surface area contributed by atoms with E-state index in [4.69, 9.17) is 5.73 Å². The average molecular weight is 246 g/mol. The molecule has 2 N–H and O–H groups in total. The predicted molar refractivity (Wildman–Crippen MR) is 75.9 cm³/mol. The highest BCUT2D eigenvalue weighted by molar-refractivity contribution is 5.97. The summed E-state index contributed by atoms with van der Waals surface area (Å²) in [6.07, 6.45) is 1.59. The Kier molecular flexibility index (Phi) is 3.09. The number of nitrogens with two attached hydrogens (primary N) is 1. The number of benzene rings is 1. The summed E-state index contributed by atoms with van der Waals surface area (Å²) in [4.78, 5) is 13.9. The third kappa shape index (κ3) is 2.09. The number of anilines is 2. The van der Waals surface area contributed by atoms with Crippen LogP contribution in [0.2, 0.25) is 0 Å². The second kappa shape index (κ2) is 4.30. The van der Waals surface area contributed by atoms with Crippen LogP contribution in [0.15, 0.2) is 12.1 Å². The predicted octanol–water partition coefficient (Wildman–Crippen LogP) is 3.00. The molecule has 3 nitrogen and oxygen atoms in total. The number of nitrogen functional groups attached to an aromatic ring is 1. The van der Waals surface area contributed by atoms with E-state index in [1.54, 1.807) is 0 Å². The molecular formula is C15H22N2O. The largest absolute Gasteiger partial charge is 0.398 e. The second-order valence-corrected chi connectivity index (χ2v) is 6.07. The van der Waals surface area contributed by atoms with Crippen LogP contribution in [-0.4, -0.2) is 12.5 Å². The van der Waals surface area contributed by atoms with Crippen molar-refractivity contribution in [3.8, 4) is 0 Å². The Labute approximate surface area is 109 Å². The van der Waals surface area contributed by atoms with E-state index >= 15 is 0 Å². The molecule has 3 heteroatoms. The summed E-state index contributed by atoms with van der Waals surface area (Å²) in [5, 5.41) is 0. The zero-order valence-corrected chi connectivity index (χ0v) is 11.7. The van der Waals surface area contributed by atoms with Crippen LogP contribution in [0, 0.1) is 6.92 Å². The molecule has 1 fully saturated rings. The van der Waals surface area contributed by atoms with Gasteiger partial charge >= 0.3 is 0 Å². The highest BCUT2D eigenvalue weighted by Crippen LogP contribution is 2.38. The Balaban J connectivity index is 2.62. The van der Waals surface area contributed by atoms with Crippen molar-refractivity contribution in [3.05, 3.63) is 23.3 Å². The molecule has 1 heterocycles. The lowest BCUT2D eigenvalue weighted by Gasteiger charge is -2.29. The van der Waals surface area contributed by atoms with Crippen molar-refractivity contribution < 1.29 is 4.79 Å². The molecule has 2 rings (SSSR count). The van der Waals surface area contributed by atoms with Crippen LogP contribution in [0.25, 0.3) is 0 Å². The van der Waals surface area contributed by atoms with Gasteiger partial charge in [0.1, 0.15) is 0 Å². The van der Waals surface area contributed by atoms with Crippen LogP contribution in [0.3, 0.4) is 0 Å². The topological polar surface area (TPSA) is 46.3 Å². The lowest BCUT2D eigenvalue weighted by molar-refractivity contribution is -0.117. The molecule has 0 aromatic heterocycles. The van der Waals surface area contributed by atoms with E-state index in [2.05, 4.69) is 26.8 Å². The highest BCUT2D eigenvalue weighted by atomic mass is 16.2. The number of amides is 1. The number of hydrogen-bond acceptors (Lipinski definition) is 2. The third-order valence-corrected chi connectivity index (χ3v) is 3.62. The molecule has 1 aromatic rings. The minimum atomic E-state index is 0.0106. The number of hydrogen-bond donors (Lipinski definition) is 1. The van der Waals surface area contributed by atoms with E-state index < -0.39 is 0 Å². The maximum absolute atomic E-state index is 12.0. The smallest absolute Gasteiger partial charge is 0.227 e. The van der Waals surface area contributed by atoms with Gasteiger partial charge in [0.05, 0.1) is 5.69 Å². The normalized spacial score (nSPS) is 16.4. The minimum Gasteiger partial charge on any atom is -0.398 e. The van der Waals surface area contributed by atoms with Crippen LogP contribution in [0.5, 0.6) is 0 Å². The first kappa shape index (κ1) is 12.9. The van der Waals surface area contributed by atoms with Gasteiger partial charge in [-0.3, -0.25) is 4.79 Å². The first-order valence-corrected chi connectivity index (χ1v) is 6.52. The van der Waals surface area contributed by atoms with Gasteiger partial charge in [0, 0.05) is 18.7 Å². The van der Waals surface area contributed by atoms with E-state index in [0.29, 0.717) is 6.42 Å². The molecule has 0 unspecified atom stereocenters. The fraction of sp³-hybridized carbons (Fsp3) is 0.533. The molecule has 1 aliphatic rings. The van der Waals surface area contributed by atoms with Gasteiger partial charge < -0.3 is 10.6 Å². The van der Waals surface area contributed by atoms with E-state index in [9.17, 15) is 4.79 Å². The monoisotopic (exact) mass is 246 g/mol. The Morgan fingerprint density at radius 1 is 1.28 bits per heavy atom. The van der Waals surface area contributed by atoms with Gasteiger partial charge in [-0.15, -0.1) is 0 Å². The quantitative estimate of drug-likeness (QED) is 0.774. The molecule has 0 atom stereocenters. The van der Waals surface area contributed by atoms with Crippen LogP contribution in [0.1, 0.15) is 44.7 Å². The van der Waals surface area contributed by atoms with Crippen molar-refractivity contribution in [3.63, 3.8) is 0 Å². The van der Waals surface area contributed by atoms with Gasteiger partial charge in [-0.05, 0) is 36.0 Å². The molecule has 1 aromatic carbocycles. The number of carbonyl (C=O) groups is 1. The standard InChI is InChI=1S/C15H22N2O/c1-10-12(16)8-7-11(15(2,3)4)14(10)17-9-5-6-13(17)18/h7-8H,5-6,9,16H2,1-4H3. The zero-order valence-electron chi connectivity index (χ0n) is 11.7. The summed E-state index contributed by atoms with van der Waals surface area (Å²) in [5.74, 6) is 0.217. The molecule has 0 bridgehead atoms. The van der Waals surface area contributed by atoms with Gasteiger partial charge in [-0.25, -0.2) is 0 Å². The van der Waals surface area contributed by atoms with Crippen molar-refractivity contribution in [2.45, 2.75) is 46.0 Å². The van der Waals surface area contributed by atoms with Gasteiger partial charge in [0.2, 0.25) is 5.91 Å². The fourth-order valence-corrected chi connectivity index (χ4v) is 2.55. The van der Waals surface area contributed by atoms with Crippen molar-refractivity contribution in [2.75, 3.05) is 17.2 Å². The Hall–Kier alpha value is -1.51. The molecule has 0 saturated carbocycles. The lowest BCUT2D eigenvalue weighted by atomic mass is 9.84. The fourth-order valence-electron chi connectivity index (χ4n) is 2.55. The molecule has 0 spiro atoms. The minimum absolute atomic E-state index is 0.0106. The first-order chi connectivity index (χ1) is 8.32. The highest BCUT2D eigenvalue weighted by Gasteiger charge is 2.29. The van der Waals surface area contributed by atoms with Gasteiger partial charge in [-0.1, -0.05) is 26.8 Å². The number of carbonyl (C=O) groups excluding carboxylic acids is 1. The Bertz CT molecular complexity index is 486.